The van der Waals surface area contributed by atoms with Gasteiger partial charge in [-0.25, -0.2) is 4.39 Å². The summed E-state index contributed by atoms with van der Waals surface area (Å²) in [5, 5.41) is 11.3. The van der Waals surface area contributed by atoms with Crippen LogP contribution in [0.5, 0.6) is 5.75 Å². The summed E-state index contributed by atoms with van der Waals surface area (Å²) in [7, 11) is 0. The topological polar surface area (TPSA) is 49.3 Å². The highest BCUT2D eigenvalue weighted by atomic mass is 35.5. The molecule has 1 aromatic carbocycles. The van der Waals surface area contributed by atoms with Crippen molar-refractivity contribution in [2.24, 2.45) is 0 Å². The first-order valence-electron chi connectivity index (χ1n) is 3.46. The Balaban J connectivity index is 3.08. The van der Waals surface area contributed by atoms with Crippen LogP contribution in [0.4, 0.5) is 10.1 Å². The highest BCUT2D eigenvalue weighted by molar-refractivity contribution is 6.31. The quantitative estimate of drug-likeness (QED) is 0.687. The number of rotatable bonds is 1. The van der Waals surface area contributed by atoms with Crippen LogP contribution in [0.2, 0.25) is 5.02 Å². The summed E-state index contributed by atoms with van der Waals surface area (Å²) in [6.45, 7) is 1.27. The van der Waals surface area contributed by atoms with Gasteiger partial charge in [-0.2, -0.15) is 0 Å². The van der Waals surface area contributed by atoms with Gasteiger partial charge in [-0.3, -0.25) is 4.79 Å². The van der Waals surface area contributed by atoms with Crippen molar-refractivity contribution in [3.05, 3.63) is 23.0 Å². The lowest BCUT2D eigenvalue weighted by Crippen LogP contribution is -2.06. The van der Waals surface area contributed by atoms with Gasteiger partial charge in [0.1, 0.15) is 11.6 Å². The van der Waals surface area contributed by atoms with Gasteiger partial charge in [-0.05, 0) is 6.07 Å². The van der Waals surface area contributed by atoms with E-state index in [0.29, 0.717) is 0 Å². The second-order valence-corrected chi connectivity index (χ2v) is 2.87. The molecule has 1 rings (SSSR count). The Morgan fingerprint density at radius 1 is 1.62 bits per heavy atom. The molecule has 0 unspecified atom stereocenters. The third-order valence-corrected chi connectivity index (χ3v) is 1.64. The second-order valence-electron chi connectivity index (χ2n) is 2.46. The van der Waals surface area contributed by atoms with Crippen LogP contribution in [-0.2, 0) is 4.79 Å². The van der Waals surface area contributed by atoms with Crippen molar-refractivity contribution in [1.29, 1.82) is 0 Å². The van der Waals surface area contributed by atoms with Crippen LogP contribution in [0.1, 0.15) is 6.92 Å². The van der Waals surface area contributed by atoms with Gasteiger partial charge in [-0.15, -0.1) is 0 Å². The molecule has 70 valence electrons. The van der Waals surface area contributed by atoms with Gasteiger partial charge in [0.15, 0.2) is 0 Å². The molecule has 0 saturated heterocycles. The molecule has 1 amide bonds. The fourth-order valence-corrected chi connectivity index (χ4v) is 0.990. The van der Waals surface area contributed by atoms with E-state index in [-0.39, 0.29) is 22.4 Å². The van der Waals surface area contributed by atoms with Crippen molar-refractivity contribution in [2.45, 2.75) is 6.92 Å². The Kier molecular flexibility index (Phi) is 2.72. The SMILES string of the molecule is CC(=O)Nc1cc(Cl)c(F)cc1O. The zero-order chi connectivity index (χ0) is 10.0. The normalized spacial score (nSPS) is 9.77. The lowest BCUT2D eigenvalue weighted by atomic mass is 10.3. The molecule has 0 atom stereocenters. The molecule has 0 aromatic heterocycles. The number of halogens is 2. The van der Waals surface area contributed by atoms with Crippen LogP contribution in [-0.4, -0.2) is 11.0 Å². The number of hydrogen-bond donors (Lipinski definition) is 2. The maximum absolute atomic E-state index is 12.7. The van der Waals surface area contributed by atoms with E-state index in [9.17, 15) is 9.18 Å². The summed E-state index contributed by atoms with van der Waals surface area (Å²) >= 11 is 5.43. The van der Waals surface area contributed by atoms with Crippen molar-refractivity contribution in [3.8, 4) is 5.75 Å². The number of nitrogens with one attached hydrogen (secondary N) is 1. The average Bonchev–Trinajstić information content (AvgIpc) is 1.99. The van der Waals surface area contributed by atoms with Crippen molar-refractivity contribution in [2.75, 3.05) is 5.32 Å². The monoisotopic (exact) mass is 203 g/mol. The van der Waals surface area contributed by atoms with Crippen LogP contribution in [0.25, 0.3) is 0 Å². The Labute approximate surface area is 79.1 Å². The van der Waals surface area contributed by atoms with Gasteiger partial charge in [-0.1, -0.05) is 11.6 Å². The molecule has 0 spiro atoms. The highest BCUT2D eigenvalue weighted by Gasteiger charge is 2.08. The molecule has 0 fully saturated rings. The lowest BCUT2D eigenvalue weighted by molar-refractivity contribution is -0.114. The molecular weight excluding hydrogens is 197 g/mol. The molecule has 13 heavy (non-hydrogen) atoms. The van der Waals surface area contributed by atoms with Crippen LogP contribution in [0.3, 0.4) is 0 Å². The molecule has 0 aliphatic carbocycles. The van der Waals surface area contributed by atoms with Gasteiger partial charge in [0.2, 0.25) is 5.91 Å². The van der Waals surface area contributed by atoms with Gasteiger partial charge in [0.05, 0.1) is 10.7 Å². The van der Waals surface area contributed by atoms with Gasteiger partial charge >= 0.3 is 0 Å². The minimum Gasteiger partial charge on any atom is -0.506 e. The van der Waals surface area contributed by atoms with Crippen molar-refractivity contribution < 1.29 is 14.3 Å². The Bertz CT molecular complexity index is 354. The van der Waals surface area contributed by atoms with E-state index in [4.69, 9.17) is 16.7 Å². The summed E-state index contributed by atoms with van der Waals surface area (Å²) in [5.74, 6) is -1.44. The van der Waals surface area contributed by atoms with Crippen LogP contribution >= 0.6 is 11.6 Å². The number of amides is 1. The molecular formula is C8H7ClFNO2. The second kappa shape index (κ2) is 3.62. The summed E-state index contributed by atoms with van der Waals surface area (Å²) < 4.78 is 12.7. The number of hydrogen-bond acceptors (Lipinski definition) is 2. The minimum absolute atomic E-state index is 0.0962. The third-order valence-electron chi connectivity index (χ3n) is 1.35. The standard InChI is InChI=1S/C8H7ClFNO2/c1-4(12)11-7-2-5(9)6(10)3-8(7)13/h2-3,13H,1H3,(H,11,12). The van der Waals surface area contributed by atoms with Crippen molar-refractivity contribution in [1.82, 2.24) is 0 Å². The average molecular weight is 204 g/mol. The molecule has 0 aliphatic heterocycles. The summed E-state index contributed by atoms with van der Waals surface area (Å²) in [4.78, 5) is 10.6. The minimum atomic E-state index is -0.728. The zero-order valence-corrected chi connectivity index (χ0v) is 7.52. The first-order valence-corrected chi connectivity index (χ1v) is 3.84. The maximum Gasteiger partial charge on any atom is 0.221 e. The summed E-state index contributed by atoms with van der Waals surface area (Å²) in [5.41, 5.74) is 0.0962. The third kappa shape index (κ3) is 2.32. The van der Waals surface area contributed by atoms with Crippen LogP contribution < -0.4 is 5.32 Å². The van der Waals surface area contributed by atoms with Gasteiger partial charge < -0.3 is 10.4 Å². The predicted molar refractivity (Wildman–Crippen MR) is 47.4 cm³/mol. The van der Waals surface area contributed by atoms with E-state index in [1.807, 2.05) is 0 Å². The van der Waals surface area contributed by atoms with Crippen LogP contribution in [0.15, 0.2) is 12.1 Å². The molecule has 1 aromatic rings. The maximum atomic E-state index is 12.7. The number of carbonyl (C=O) groups excluding carboxylic acids is 1. The molecule has 0 radical (unpaired) electrons. The number of benzene rings is 1. The van der Waals surface area contributed by atoms with E-state index in [1.165, 1.54) is 6.92 Å². The van der Waals surface area contributed by atoms with E-state index < -0.39 is 5.82 Å². The first kappa shape index (κ1) is 9.80. The Hall–Kier alpha value is -1.29. The number of phenolic OH excluding ortho intramolecular Hbond substituents is 1. The number of phenols is 1. The van der Waals surface area contributed by atoms with E-state index in [2.05, 4.69) is 5.32 Å². The molecule has 0 heterocycles. The molecule has 0 saturated carbocycles. The van der Waals surface area contributed by atoms with Crippen LogP contribution in [0, 0.1) is 5.82 Å². The largest absolute Gasteiger partial charge is 0.506 e. The fraction of sp³-hybridized carbons (Fsp3) is 0.125. The van der Waals surface area contributed by atoms with E-state index in [0.717, 1.165) is 12.1 Å². The predicted octanol–water partition coefficient (Wildman–Crippen LogP) is 2.14. The van der Waals surface area contributed by atoms with E-state index in [1.54, 1.807) is 0 Å². The summed E-state index contributed by atoms with van der Waals surface area (Å²) in [6.07, 6.45) is 0. The number of aromatic hydroxyl groups is 1. The first-order chi connectivity index (χ1) is 6.00. The van der Waals surface area contributed by atoms with Crippen molar-refractivity contribution in [3.63, 3.8) is 0 Å². The Morgan fingerprint density at radius 2 is 2.23 bits per heavy atom. The molecule has 0 aliphatic rings. The Morgan fingerprint density at radius 3 is 2.77 bits per heavy atom. The molecule has 2 N–H and O–H groups in total. The number of carbonyl (C=O) groups is 1. The summed E-state index contributed by atoms with van der Waals surface area (Å²) in [6, 6.07) is 1.99. The van der Waals surface area contributed by atoms with Gasteiger partial charge in [0, 0.05) is 13.0 Å². The fourth-order valence-electron chi connectivity index (χ4n) is 0.826. The van der Waals surface area contributed by atoms with E-state index >= 15 is 0 Å². The molecule has 0 bridgehead atoms. The van der Waals surface area contributed by atoms with Gasteiger partial charge in [0.25, 0.3) is 0 Å². The lowest BCUT2D eigenvalue weighted by Gasteiger charge is -2.05. The van der Waals surface area contributed by atoms with Crippen molar-refractivity contribution >= 4 is 23.2 Å². The zero-order valence-electron chi connectivity index (χ0n) is 6.77. The smallest absolute Gasteiger partial charge is 0.221 e. The highest BCUT2D eigenvalue weighted by Crippen LogP contribution is 2.29. The molecule has 3 nitrogen and oxygen atoms in total. The molecule has 5 heteroatoms. The number of anilines is 1.